The zero-order valence-corrected chi connectivity index (χ0v) is 13.0. The van der Waals surface area contributed by atoms with Crippen molar-refractivity contribution in [2.45, 2.75) is 19.6 Å². The molecular weight excluding hydrogens is 349 g/mol. The molecule has 2 heterocycles. The topological polar surface area (TPSA) is 49.0 Å². The van der Waals surface area contributed by atoms with Gasteiger partial charge in [0.25, 0.3) is 0 Å². The van der Waals surface area contributed by atoms with Gasteiger partial charge < -0.3 is 10.4 Å². The molecule has 2 rings (SSSR count). The summed E-state index contributed by atoms with van der Waals surface area (Å²) in [7, 11) is 0. The average Bonchev–Trinajstić information content (AvgIpc) is 2.39. The fraction of sp³-hybridized carbons (Fsp3) is 0.231. The van der Waals surface area contributed by atoms with E-state index in [0.717, 1.165) is 0 Å². The highest BCUT2D eigenvalue weighted by atomic mass is 79.9. The number of anilines is 1. The van der Waals surface area contributed by atoms with Crippen molar-refractivity contribution < 1.29 is 14.1 Å². The van der Waals surface area contributed by atoms with Gasteiger partial charge >= 0.3 is 5.82 Å². The zero-order valence-electron chi connectivity index (χ0n) is 10.6. The second-order valence-electron chi connectivity index (χ2n) is 4.15. The Kier molecular flexibility index (Phi) is 4.91. The minimum absolute atomic E-state index is 0.269. The second kappa shape index (κ2) is 6.47. The van der Waals surface area contributed by atoms with E-state index in [4.69, 9.17) is 11.6 Å². The number of halogens is 3. The van der Waals surface area contributed by atoms with E-state index in [1.54, 1.807) is 18.3 Å². The maximum atomic E-state index is 13.4. The number of aliphatic hydroxyl groups excluding tert-OH is 1. The summed E-state index contributed by atoms with van der Waals surface area (Å²) in [6.45, 7) is 1.85. The second-order valence-corrected chi connectivity index (χ2v) is 5.44. The van der Waals surface area contributed by atoms with Crippen LogP contribution in [0.4, 0.5) is 10.2 Å². The van der Waals surface area contributed by atoms with Gasteiger partial charge in [0.2, 0.25) is 5.82 Å². The molecule has 0 fully saturated rings. The molecule has 0 aliphatic heterocycles. The van der Waals surface area contributed by atoms with Crippen LogP contribution in [0.15, 0.2) is 35.1 Å². The first kappa shape index (κ1) is 15.2. The summed E-state index contributed by atoms with van der Waals surface area (Å²) in [5, 5.41) is 12.7. The van der Waals surface area contributed by atoms with Crippen LogP contribution in [-0.4, -0.2) is 16.3 Å². The fourth-order valence-electron chi connectivity index (χ4n) is 1.60. The number of nitrogens with zero attached hydrogens (tertiary/aromatic N) is 2. The standard InChI is InChI=1S/C13H13BrClFN3O/c1-2-12(20)17-11-4-3-10(14)13(18-11)19-6-8(15)5-9(16)7-19/h3-7,12,20H,2H2,1H3,(H,17,18)/q+1. The Morgan fingerprint density at radius 3 is 2.90 bits per heavy atom. The molecule has 0 saturated heterocycles. The van der Waals surface area contributed by atoms with E-state index in [-0.39, 0.29) is 5.02 Å². The summed E-state index contributed by atoms with van der Waals surface area (Å²) in [6, 6.07) is 4.70. The lowest BCUT2D eigenvalue weighted by molar-refractivity contribution is -0.601. The summed E-state index contributed by atoms with van der Waals surface area (Å²) >= 11 is 9.20. The van der Waals surface area contributed by atoms with Crippen LogP contribution in [0.3, 0.4) is 0 Å². The largest absolute Gasteiger partial charge is 0.374 e. The first-order valence-electron chi connectivity index (χ1n) is 5.98. The molecule has 0 radical (unpaired) electrons. The Balaban J connectivity index is 2.42. The smallest absolute Gasteiger partial charge is 0.344 e. The molecule has 2 N–H and O–H groups in total. The molecule has 0 saturated carbocycles. The van der Waals surface area contributed by atoms with Crippen LogP contribution in [0.5, 0.6) is 0 Å². The molecule has 1 unspecified atom stereocenters. The molecule has 0 aliphatic rings. The first-order chi connectivity index (χ1) is 9.49. The average molecular weight is 362 g/mol. The highest BCUT2D eigenvalue weighted by molar-refractivity contribution is 9.10. The Hall–Kier alpha value is -1.24. The van der Waals surface area contributed by atoms with Crippen LogP contribution in [-0.2, 0) is 0 Å². The van der Waals surface area contributed by atoms with Gasteiger partial charge in [-0.15, -0.1) is 0 Å². The van der Waals surface area contributed by atoms with E-state index in [1.165, 1.54) is 16.8 Å². The van der Waals surface area contributed by atoms with Crippen molar-refractivity contribution in [1.82, 2.24) is 4.98 Å². The molecule has 4 nitrogen and oxygen atoms in total. The van der Waals surface area contributed by atoms with Crippen molar-refractivity contribution >= 4 is 33.3 Å². The van der Waals surface area contributed by atoms with Crippen LogP contribution in [0.2, 0.25) is 5.02 Å². The van der Waals surface area contributed by atoms with Gasteiger partial charge in [-0.05, 0) is 39.5 Å². The van der Waals surface area contributed by atoms with E-state index in [0.29, 0.717) is 22.5 Å². The van der Waals surface area contributed by atoms with Gasteiger partial charge in [0.1, 0.15) is 23.1 Å². The van der Waals surface area contributed by atoms with Gasteiger partial charge in [-0.3, -0.25) is 0 Å². The van der Waals surface area contributed by atoms with E-state index in [2.05, 4.69) is 26.2 Å². The van der Waals surface area contributed by atoms with Crippen molar-refractivity contribution in [3.8, 4) is 5.82 Å². The Bertz CT molecular complexity index is 606. The van der Waals surface area contributed by atoms with Crippen molar-refractivity contribution in [2.24, 2.45) is 0 Å². The van der Waals surface area contributed by atoms with E-state index >= 15 is 0 Å². The number of rotatable bonds is 4. The van der Waals surface area contributed by atoms with E-state index < -0.39 is 12.0 Å². The lowest BCUT2D eigenvalue weighted by Gasteiger charge is -2.08. The molecule has 0 amide bonds. The number of hydrogen-bond acceptors (Lipinski definition) is 3. The van der Waals surface area contributed by atoms with Crippen LogP contribution in [0.25, 0.3) is 5.82 Å². The highest BCUT2D eigenvalue weighted by Gasteiger charge is 2.18. The molecule has 0 spiro atoms. The summed E-state index contributed by atoms with van der Waals surface area (Å²) in [5.41, 5.74) is 0. The lowest BCUT2D eigenvalue weighted by atomic mass is 10.3. The lowest BCUT2D eigenvalue weighted by Crippen LogP contribution is -2.33. The first-order valence-corrected chi connectivity index (χ1v) is 7.15. The Labute approximate surface area is 129 Å². The molecule has 2 aromatic heterocycles. The molecule has 0 aromatic carbocycles. The molecule has 2 aromatic rings. The number of aromatic nitrogens is 2. The molecular formula is C13H13BrClFN3O+. The number of pyridine rings is 2. The van der Waals surface area contributed by atoms with Crippen molar-refractivity contribution in [3.63, 3.8) is 0 Å². The van der Waals surface area contributed by atoms with Gasteiger partial charge in [0.15, 0.2) is 5.82 Å². The number of aliphatic hydroxyl groups is 1. The van der Waals surface area contributed by atoms with E-state index in [1.807, 2.05) is 6.92 Å². The minimum atomic E-state index is -0.683. The zero-order chi connectivity index (χ0) is 14.7. The van der Waals surface area contributed by atoms with Gasteiger partial charge in [-0.2, -0.15) is 4.57 Å². The number of nitrogens with one attached hydrogen (secondary N) is 1. The van der Waals surface area contributed by atoms with Crippen LogP contribution >= 0.6 is 27.5 Å². The third-order valence-corrected chi connectivity index (χ3v) is 3.40. The molecule has 0 aliphatic carbocycles. The van der Waals surface area contributed by atoms with Crippen molar-refractivity contribution in [1.29, 1.82) is 0 Å². The van der Waals surface area contributed by atoms with Gasteiger partial charge in [-0.1, -0.05) is 18.5 Å². The fourth-order valence-corrected chi connectivity index (χ4v) is 2.23. The third kappa shape index (κ3) is 3.65. The maximum Gasteiger partial charge on any atom is 0.344 e. The number of hydrogen-bond donors (Lipinski definition) is 2. The maximum absolute atomic E-state index is 13.4. The highest BCUT2D eigenvalue weighted by Crippen LogP contribution is 2.19. The Morgan fingerprint density at radius 1 is 1.50 bits per heavy atom. The third-order valence-electron chi connectivity index (χ3n) is 2.57. The van der Waals surface area contributed by atoms with E-state index in [9.17, 15) is 9.50 Å². The molecule has 0 bridgehead atoms. The molecule has 1 atom stereocenters. The summed E-state index contributed by atoms with van der Waals surface area (Å²) in [4.78, 5) is 4.33. The summed E-state index contributed by atoms with van der Waals surface area (Å²) in [5.74, 6) is 0.503. The van der Waals surface area contributed by atoms with Crippen molar-refractivity contribution in [2.75, 3.05) is 5.32 Å². The predicted octanol–water partition coefficient (Wildman–Crippen LogP) is 3.05. The predicted molar refractivity (Wildman–Crippen MR) is 78.4 cm³/mol. The summed E-state index contributed by atoms with van der Waals surface area (Å²) < 4.78 is 15.6. The van der Waals surface area contributed by atoms with Gasteiger partial charge in [0, 0.05) is 6.07 Å². The SMILES string of the molecule is CCC(O)Nc1ccc(Br)c(-[n+]2cc(F)cc(Cl)c2)n1. The van der Waals surface area contributed by atoms with Crippen LogP contribution in [0, 0.1) is 5.82 Å². The van der Waals surface area contributed by atoms with Crippen LogP contribution < -0.4 is 9.88 Å². The van der Waals surface area contributed by atoms with Crippen molar-refractivity contribution in [3.05, 3.63) is 45.9 Å². The monoisotopic (exact) mass is 360 g/mol. The van der Waals surface area contributed by atoms with Gasteiger partial charge in [0.05, 0.1) is 5.02 Å². The van der Waals surface area contributed by atoms with Gasteiger partial charge in [-0.25, -0.2) is 4.39 Å². The minimum Gasteiger partial charge on any atom is -0.374 e. The molecule has 20 heavy (non-hydrogen) atoms. The molecule has 106 valence electrons. The van der Waals surface area contributed by atoms with Crippen LogP contribution in [0.1, 0.15) is 13.3 Å². The summed E-state index contributed by atoms with van der Waals surface area (Å²) in [6.07, 6.45) is 2.69. The quantitative estimate of drug-likeness (QED) is 0.650. The normalized spacial score (nSPS) is 12.2. The Morgan fingerprint density at radius 2 is 2.25 bits per heavy atom. The molecule has 7 heteroatoms.